The molecule has 5 heteroatoms. The molecule has 1 aliphatic rings. The van der Waals surface area contributed by atoms with Crippen LogP contribution < -0.4 is 10.6 Å². The Morgan fingerprint density at radius 3 is 2.67 bits per heavy atom. The highest BCUT2D eigenvalue weighted by atomic mass is 16.5. The van der Waals surface area contributed by atoms with Crippen molar-refractivity contribution >= 4 is 5.91 Å². The number of carbonyl (C=O) groups excluding carboxylic acids is 1. The van der Waals surface area contributed by atoms with Crippen LogP contribution in [-0.4, -0.2) is 64.3 Å². The minimum atomic E-state index is -0.329. The number of hydrogen-bond donors (Lipinski definition) is 2. The van der Waals surface area contributed by atoms with E-state index in [0.29, 0.717) is 13.2 Å². The van der Waals surface area contributed by atoms with Crippen molar-refractivity contribution in [2.75, 3.05) is 53.5 Å². The van der Waals surface area contributed by atoms with Gasteiger partial charge in [-0.3, -0.25) is 4.79 Å². The van der Waals surface area contributed by atoms with Gasteiger partial charge in [0.05, 0.1) is 12.0 Å². The molecule has 1 rings (SSSR count). The fourth-order valence-electron chi connectivity index (χ4n) is 2.32. The molecule has 2 N–H and O–H groups in total. The van der Waals surface area contributed by atoms with E-state index >= 15 is 0 Å². The van der Waals surface area contributed by atoms with Crippen LogP contribution in [0.4, 0.5) is 0 Å². The molecule has 1 fully saturated rings. The second-order valence-corrected chi connectivity index (χ2v) is 5.12. The van der Waals surface area contributed by atoms with E-state index in [1.54, 1.807) is 7.11 Å². The molecule has 1 heterocycles. The highest BCUT2D eigenvalue weighted by Gasteiger charge is 2.39. The predicted molar refractivity (Wildman–Crippen MR) is 72.6 cm³/mol. The lowest BCUT2D eigenvalue weighted by Gasteiger charge is -2.35. The van der Waals surface area contributed by atoms with Gasteiger partial charge in [0.1, 0.15) is 0 Å². The van der Waals surface area contributed by atoms with E-state index in [1.165, 1.54) is 0 Å². The van der Waals surface area contributed by atoms with Gasteiger partial charge in [0.25, 0.3) is 0 Å². The minimum Gasteiger partial charge on any atom is -0.384 e. The third-order valence-corrected chi connectivity index (χ3v) is 3.78. The summed E-state index contributed by atoms with van der Waals surface area (Å²) >= 11 is 0. The van der Waals surface area contributed by atoms with Gasteiger partial charge in [-0.25, -0.2) is 0 Å². The lowest BCUT2D eigenvalue weighted by molar-refractivity contribution is -0.136. The van der Waals surface area contributed by atoms with Gasteiger partial charge in [0.15, 0.2) is 0 Å². The number of likely N-dealkylation sites (N-methyl/N-ethyl adjacent to an activating group) is 1. The smallest absolute Gasteiger partial charge is 0.228 e. The van der Waals surface area contributed by atoms with Crippen LogP contribution in [-0.2, 0) is 9.53 Å². The van der Waals surface area contributed by atoms with Crippen LogP contribution in [0.15, 0.2) is 0 Å². The normalized spacial score (nSPS) is 18.9. The second kappa shape index (κ2) is 7.71. The molecule has 0 radical (unpaired) electrons. The molecule has 106 valence electrons. The molecule has 1 amide bonds. The van der Waals surface area contributed by atoms with Crippen LogP contribution in [0.1, 0.15) is 19.8 Å². The third-order valence-electron chi connectivity index (χ3n) is 3.78. The largest absolute Gasteiger partial charge is 0.384 e. The molecule has 0 aromatic rings. The van der Waals surface area contributed by atoms with Crippen LogP contribution in [0, 0.1) is 5.41 Å². The van der Waals surface area contributed by atoms with Crippen molar-refractivity contribution in [2.24, 2.45) is 5.41 Å². The highest BCUT2D eigenvalue weighted by Crippen LogP contribution is 2.29. The summed E-state index contributed by atoms with van der Waals surface area (Å²) in [5.41, 5.74) is -0.329. The Balaban J connectivity index is 2.44. The van der Waals surface area contributed by atoms with E-state index in [0.717, 1.165) is 39.0 Å². The summed E-state index contributed by atoms with van der Waals surface area (Å²) in [4.78, 5) is 14.5. The molecular weight excluding hydrogens is 230 g/mol. The average molecular weight is 257 g/mol. The van der Waals surface area contributed by atoms with E-state index in [2.05, 4.69) is 29.5 Å². The maximum Gasteiger partial charge on any atom is 0.228 e. The van der Waals surface area contributed by atoms with Crippen molar-refractivity contribution in [3.63, 3.8) is 0 Å². The zero-order valence-corrected chi connectivity index (χ0v) is 11.9. The molecule has 0 aromatic heterocycles. The summed E-state index contributed by atoms with van der Waals surface area (Å²) in [6.45, 7) is 7.02. The van der Waals surface area contributed by atoms with Crippen molar-refractivity contribution in [2.45, 2.75) is 19.8 Å². The second-order valence-electron chi connectivity index (χ2n) is 5.12. The first-order valence-electron chi connectivity index (χ1n) is 6.81. The Morgan fingerprint density at radius 1 is 1.44 bits per heavy atom. The summed E-state index contributed by atoms with van der Waals surface area (Å²) in [6, 6.07) is 0. The highest BCUT2D eigenvalue weighted by molar-refractivity contribution is 5.83. The first-order valence-corrected chi connectivity index (χ1v) is 6.81. The summed E-state index contributed by atoms with van der Waals surface area (Å²) in [5.74, 6) is 0.148. The summed E-state index contributed by atoms with van der Waals surface area (Å²) in [6.07, 6.45) is 1.71. The Hall–Kier alpha value is -0.650. The Kier molecular flexibility index (Phi) is 6.60. The van der Waals surface area contributed by atoms with E-state index in [-0.39, 0.29) is 11.3 Å². The number of nitrogens with zero attached hydrogens (tertiary/aromatic N) is 1. The lowest BCUT2D eigenvalue weighted by Crippen LogP contribution is -2.51. The van der Waals surface area contributed by atoms with E-state index in [9.17, 15) is 4.79 Å². The van der Waals surface area contributed by atoms with Crippen molar-refractivity contribution in [1.29, 1.82) is 0 Å². The van der Waals surface area contributed by atoms with Gasteiger partial charge >= 0.3 is 0 Å². The van der Waals surface area contributed by atoms with Gasteiger partial charge < -0.3 is 20.3 Å². The fourth-order valence-corrected chi connectivity index (χ4v) is 2.32. The molecule has 0 saturated carbocycles. The zero-order chi connectivity index (χ0) is 13.4. The van der Waals surface area contributed by atoms with Gasteiger partial charge in [0.2, 0.25) is 5.91 Å². The molecule has 0 atom stereocenters. The third kappa shape index (κ3) is 4.23. The Labute approximate surface area is 110 Å². The maximum absolute atomic E-state index is 12.3. The first kappa shape index (κ1) is 15.4. The zero-order valence-electron chi connectivity index (χ0n) is 11.9. The van der Waals surface area contributed by atoms with Crippen molar-refractivity contribution in [1.82, 2.24) is 15.5 Å². The Morgan fingerprint density at radius 2 is 2.11 bits per heavy atom. The number of rotatable bonds is 7. The maximum atomic E-state index is 12.3. The van der Waals surface area contributed by atoms with E-state index in [4.69, 9.17) is 4.74 Å². The standard InChI is InChI=1S/C13H27N3O2/c1-4-16(2)10-9-15-12(17)13(11-18-3)5-7-14-8-6-13/h14H,4-11H2,1-3H3,(H,15,17). The van der Waals surface area contributed by atoms with Gasteiger partial charge in [-0.1, -0.05) is 6.92 Å². The van der Waals surface area contributed by atoms with Crippen molar-refractivity contribution in [3.05, 3.63) is 0 Å². The number of methoxy groups -OCH3 is 1. The summed E-state index contributed by atoms with van der Waals surface area (Å²) in [7, 11) is 3.73. The fraction of sp³-hybridized carbons (Fsp3) is 0.923. The van der Waals surface area contributed by atoms with Gasteiger partial charge in [0, 0.05) is 20.2 Å². The number of nitrogens with one attached hydrogen (secondary N) is 2. The number of piperidine rings is 1. The molecular formula is C13H27N3O2. The molecule has 5 nitrogen and oxygen atoms in total. The van der Waals surface area contributed by atoms with E-state index in [1.807, 2.05) is 0 Å². The minimum absolute atomic E-state index is 0.148. The first-order chi connectivity index (χ1) is 8.64. The molecule has 1 saturated heterocycles. The molecule has 18 heavy (non-hydrogen) atoms. The molecule has 0 unspecified atom stereocenters. The summed E-state index contributed by atoms with van der Waals surface area (Å²) < 4.78 is 5.26. The molecule has 1 aliphatic heterocycles. The van der Waals surface area contributed by atoms with Crippen molar-refractivity contribution in [3.8, 4) is 0 Å². The van der Waals surface area contributed by atoms with Gasteiger partial charge in [-0.15, -0.1) is 0 Å². The molecule has 0 bridgehead atoms. The molecule has 0 aliphatic carbocycles. The van der Waals surface area contributed by atoms with Crippen molar-refractivity contribution < 1.29 is 9.53 Å². The number of amides is 1. The number of carbonyl (C=O) groups is 1. The van der Waals surface area contributed by atoms with Crippen LogP contribution in [0.25, 0.3) is 0 Å². The van der Waals surface area contributed by atoms with Crippen LogP contribution in [0.3, 0.4) is 0 Å². The quantitative estimate of drug-likeness (QED) is 0.678. The van der Waals surface area contributed by atoms with E-state index < -0.39 is 0 Å². The molecule has 0 aromatic carbocycles. The number of ether oxygens (including phenoxy) is 1. The monoisotopic (exact) mass is 257 g/mol. The summed E-state index contributed by atoms with van der Waals surface area (Å²) in [5, 5.41) is 6.35. The topological polar surface area (TPSA) is 53.6 Å². The Bertz CT molecular complexity index is 247. The van der Waals surface area contributed by atoms with Crippen LogP contribution in [0.5, 0.6) is 0 Å². The van der Waals surface area contributed by atoms with Crippen LogP contribution >= 0.6 is 0 Å². The number of hydrogen-bond acceptors (Lipinski definition) is 4. The predicted octanol–water partition coefficient (Wildman–Crippen LogP) is 0.0705. The molecule has 0 spiro atoms. The van der Waals surface area contributed by atoms with Gasteiger partial charge in [-0.05, 0) is 39.5 Å². The average Bonchev–Trinajstić information content (AvgIpc) is 2.39. The van der Waals surface area contributed by atoms with Crippen LogP contribution in [0.2, 0.25) is 0 Å². The SMILES string of the molecule is CCN(C)CCNC(=O)C1(COC)CCNCC1. The lowest BCUT2D eigenvalue weighted by atomic mass is 9.78. The van der Waals surface area contributed by atoms with Gasteiger partial charge in [-0.2, -0.15) is 0 Å².